The van der Waals surface area contributed by atoms with E-state index >= 15 is 0 Å². The van der Waals surface area contributed by atoms with Gasteiger partial charge in [0.1, 0.15) is 5.84 Å². The van der Waals surface area contributed by atoms with Gasteiger partial charge in [-0.25, -0.2) is 0 Å². The summed E-state index contributed by atoms with van der Waals surface area (Å²) in [5, 5.41) is 10.2. The second-order valence-electron chi connectivity index (χ2n) is 4.25. The lowest BCUT2D eigenvalue weighted by atomic mass is 9.85. The predicted octanol–water partition coefficient (Wildman–Crippen LogP) is 1.20. The highest BCUT2D eigenvalue weighted by Gasteiger charge is 2.38. The molecule has 4 nitrogen and oxygen atoms in total. The van der Waals surface area contributed by atoms with Crippen molar-refractivity contribution in [2.75, 3.05) is 5.32 Å². The fourth-order valence-corrected chi connectivity index (χ4v) is 1.74. The number of rotatable bonds is 1. The van der Waals surface area contributed by atoms with Crippen LogP contribution in [0.1, 0.15) is 25.0 Å². The Bertz CT molecular complexity index is 463. The Morgan fingerprint density at radius 1 is 1.47 bits per heavy atom. The molecule has 1 aromatic rings. The highest BCUT2D eigenvalue weighted by atomic mass is 16.2. The summed E-state index contributed by atoms with van der Waals surface area (Å²) in [5.41, 5.74) is 7.24. The molecule has 15 heavy (non-hydrogen) atoms. The molecule has 1 heterocycles. The van der Waals surface area contributed by atoms with Gasteiger partial charge in [-0.2, -0.15) is 0 Å². The highest BCUT2D eigenvalue weighted by Crippen LogP contribution is 2.37. The fourth-order valence-electron chi connectivity index (χ4n) is 1.74. The van der Waals surface area contributed by atoms with Gasteiger partial charge in [0, 0.05) is 11.3 Å². The van der Waals surface area contributed by atoms with Gasteiger partial charge in [-0.1, -0.05) is 0 Å². The summed E-state index contributed by atoms with van der Waals surface area (Å²) in [4.78, 5) is 11.6. The summed E-state index contributed by atoms with van der Waals surface area (Å²) < 4.78 is 0. The molecule has 1 aliphatic rings. The molecule has 78 valence electrons. The number of hydrogen-bond donors (Lipinski definition) is 3. The normalized spacial score (nSPS) is 17.1. The average molecular weight is 203 g/mol. The number of hydrogen-bond acceptors (Lipinski definition) is 2. The van der Waals surface area contributed by atoms with Crippen molar-refractivity contribution in [1.82, 2.24) is 0 Å². The molecule has 0 spiro atoms. The van der Waals surface area contributed by atoms with Crippen molar-refractivity contribution in [2.45, 2.75) is 19.3 Å². The third-order valence-corrected chi connectivity index (χ3v) is 2.82. The highest BCUT2D eigenvalue weighted by molar-refractivity contribution is 6.07. The first-order chi connectivity index (χ1) is 6.93. The van der Waals surface area contributed by atoms with E-state index in [-0.39, 0.29) is 11.7 Å². The number of carbonyl (C=O) groups excluding carboxylic acids is 1. The second-order valence-corrected chi connectivity index (χ2v) is 4.25. The molecule has 0 radical (unpaired) electrons. The minimum atomic E-state index is -0.541. The first kappa shape index (κ1) is 9.71. The van der Waals surface area contributed by atoms with E-state index in [0.717, 1.165) is 11.3 Å². The van der Waals surface area contributed by atoms with Crippen molar-refractivity contribution in [3.8, 4) is 0 Å². The minimum Gasteiger partial charge on any atom is -0.384 e. The summed E-state index contributed by atoms with van der Waals surface area (Å²) >= 11 is 0. The molecule has 0 unspecified atom stereocenters. The molecule has 4 N–H and O–H groups in total. The number of nitrogens with one attached hydrogen (secondary N) is 2. The topological polar surface area (TPSA) is 79.0 Å². The van der Waals surface area contributed by atoms with Crippen molar-refractivity contribution < 1.29 is 4.79 Å². The van der Waals surface area contributed by atoms with Gasteiger partial charge in [-0.05, 0) is 37.6 Å². The number of nitrogens with two attached hydrogens (primary N) is 1. The number of nitrogen functional groups attached to an aromatic ring is 1. The fraction of sp³-hybridized carbons (Fsp3) is 0.273. The van der Waals surface area contributed by atoms with Gasteiger partial charge in [0.15, 0.2) is 0 Å². The first-order valence-corrected chi connectivity index (χ1v) is 4.73. The Labute approximate surface area is 88.0 Å². The van der Waals surface area contributed by atoms with Crippen molar-refractivity contribution >= 4 is 17.4 Å². The van der Waals surface area contributed by atoms with Crippen LogP contribution >= 0.6 is 0 Å². The Morgan fingerprint density at radius 2 is 2.13 bits per heavy atom. The van der Waals surface area contributed by atoms with Gasteiger partial charge in [-0.3, -0.25) is 10.2 Å². The monoisotopic (exact) mass is 203 g/mol. The average Bonchev–Trinajstić information content (AvgIpc) is 2.38. The van der Waals surface area contributed by atoms with Gasteiger partial charge >= 0.3 is 0 Å². The molecule has 0 bridgehead atoms. The third kappa shape index (κ3) is 1.29. The van der Waals surface area contributed by atoms with E-state index in [1.165, 1.54) is 0 Å². The van der Waals surface area contributed by atoms with Crippen LogP contribution in [0.3, 0.4) is 0 Å². The van der Waals surface area contributed by atoms with Gasteiger partial charge < -0.3 is 11.1 Å². The van der Waals surface area contributed by atoms with Gasteiger partial charge in [-0.15, -0.1) is 0 Å². The lowest BCUT2D eigenvalue weighted by Crippen LogP contribution is -2.27. The molecule has 0 aromatic heterocycles. The molecular formula is C11H13N3O. The van der Waals surface area contributed by atoms with Crippen LogP contribution in [0, 0.1) is 5.41 Å². The maximum atomic E-state index is 11.6. The zero-order chi connectivity index (χ0) is 11.2. The molecule has 1 amide bonds. The summed E-state index contributed by atoms with van der Waals surface area (Å²) in [7, 11) is 0. The van der Waals surface area contributed by atoms with E-state index in [1.807, 2.05) is 13.8 Å². The van der Waals surface area contributed by atoms with Crippen LogP contribution in [0.5, 0.6) is 0 Å². The number of fused-ring (bicyclic) bond motifs is 1. The van der Waals surface area contributed by atoms with Crippen molar-refractivity contribution in [3.63, 3.8) is 0 Å². The third-order valence-electron chi connectivity index (χ3n) is 2.82. The van der Waals surface area contributed by atoms with E-state index in [9.17, 15) is 4.79 Å². The van der Waals surface area contributed by atoms with E-state index in [0.29, 0.717) is 5.56 Å². The Hall–Kier alpha value is -1.84. The Balaban J connectivity index is 2.59. The maximum Gasteiger partial charge on any atom is 0.234 e. The number of carbonyl (C=O) groups is 1. The van der Waals surface area contributed by atoms with Crippen molar-refractivity contribution in [2.24, 2.45) is 5.73 Å². The zero-order valence-electron chi connectivity index (χ0n) is 8.72. The molecule has 2 rings (SSSR count). The van der Waals surface area contributed by atoms with Crippen LogP contribution in [0.2, 0.25) is 0 Å². The second kappa shape index (κ2) is 2.82. The maximum absolute atomic E-state index is 11.6. The number of benzene rings is 1. The smallest absolute Gasteiger partial charge is 0.234 e. The van der Waals surface area contributed by atoms with Gasteiger partial charge in [0.25, 0.3) is 0 Å². The molecule has 0 atom stereocenters. The summed E-state index contributed by atoms with van der Waals surface area (Å²) in [5.74, 6) is 0.00570. The van der Waals surface area contributed by atoms with E-state index in [2.05, 4.69) is 5.32 Å². The van der Waals surface area contributed by atoms with Crippen LogP contribution in [0.4, 0.5) is 5.69 Å². The predicted molar refractivity (Wildman–Crippen MR) is 59.1 cm³/mol. The molecule has 0 fully saturated rings. The van der Waals surface area contributed by atoms with Gasteiger partial charge in [0.05, 0.1) is 5.41 Å². The Kier molecular flexibility index (Phi) is 1.83. The zero-order valence-corrected chi connectivity index (χ0v) is 8.72. The van der Waals surface area contributed by atoms with Crippen LogP contribution in [0.25, 0.3) is 0 Å². The van der Waals surface area contributed by atoms with E-state index in [1.54, 1.807) is 18.2 Å². The van der Waals surface area contributed by atoms with E-state index in [4.69, 9.17) is 11.1 Å². The SMILES string of the molecule is CC1(C)C(=O)Nc2ccc(C(=N)N)cc21. The quantitative estimate of drug-likeness (QED) is 0.473. The lowest BCUT2D eigenvalue weighted by molar-refractivity contribution is -0.119. The van der Waals surface area contributed by atoms with Gasteiger partial charge in [0.2, 0.25) is 5.91 Å². The summed E-state index contributed by atoms with van der Waals surface area (Å²) in [6.07, 6.45) is 0. The molecule has 0 saturated heterocycles. The molecule has 1 aromatic carbocycles. The number of anilines is 1. The first-order valence-electron chi connectivity index (χ1n) is 4.73. The molecule has 0 aliphatic carbocycles. The number of amidine groups is 1. The minimum absolute atomic E-state index is 0.0156. The van der Waals surface area contributed by atoms with Crippen LogP contribution in [-0.2, 0) is 10.2 Å². The van der Waals surface area contributed by atoms with Crippen LogP contribution < -0.4 is 11.1 Å². The summed E-state index contributed by atoms with van der Waals surface area (Å²) in [6.45, 7) is 3.72. The van der Waals surface area contributed by atoms with Crippen molar-refractivity contribution in [1.29, 1.82) is 5.41 Å². The standard InChI is InChI=1S/C11H13N3O/c1-11(2)7-5-6(9(12)13)3-4-8(7)14-10(11)15/h3-5H,1-2H3,(H3,12,13)(H,14,15). The van der Waals surface area contributed by atoms with E-state index < -0.39 is 5.41 Å². The molecule has 0 saturated carbocycles. The summed E-state index contributed by atoms with van der Waals surface area (Å²) in [6, 6.07) is 5.33. The number of amides is 1. The largest absolute Gasteiger partial charge is 0.384 e. The lowest BCUT2D eigenvalue weighted by Gasteiger charge is -2.15. The van der Waals surface area contributed by atoms with Crippen LogP contribution in [0.15, 0.2) is 18.2 Å². The molecule has 4 heteroatoms. The molecular weight excluding hydrogens is 190 g/mol. The molecule has 1 aliphatic heterocycles. The Morgan fingerprint density at radius 3 is 2.73 bits per heavy atom. The van der Waals surface area contributed by atoms with Crippen LogP contribution in [-0.4, -0.2) is 11.7 Å². The van der Waals surface area contributed by atoms with Crippen molar-refractivity contribution in [3.05, 3.63) is 29.3 Å².